The summed E-state index contributed by atoms with van der Waals surface area (Å²) in [5.41, 5.74) is 0.0325. The van der Waals surface area contributed by atoms with Crippen LogP contribution in [-0.2, 0) is 7.05 Å². The number of piperidine rings is 1. The van der Waals surface area contributed by atoms with Crippen molar-refractivity contribution >= 4 is 5.82 Å². The van der Waals surface area contributed by atoms with Crippen LogP contribution in [0.15, 0.2) is 17.2 Å². The molecular weight excluding hydrogens is 202 g/mol. The van der Waals surface area contributed by atoms with Gasteiger partial charge in [-0.2, -0.15) is 0 Å². The normalized spacial score (nSPS) is 28.4. The van der Waals surface area contributed by atoms with E-state index in [0.29, 0.717) is 6.04 Å². The minimum atomic E-state index is 0.0325. The highest BCUT2D eigenvalue weighted by molar-refractivity contribution is 5.39. The molecule has 0 spiro atoms. The lowest BCUT2D eigenvalue weighted by Gasteiger charge is -2.34. The van der Waals surface area contributed by atoms with Gasteiger partial charge in [-0.3, -0.25) is 4.79 Å². The number of aromatic nitrogens is 2. The first-order valence-corrected chi connectivity index (χ1v) is 6.03. The van der Waals surface area contributed by atoms with Gasteiger partial charge in [0.2, 0.25) is 0 Å². The van der Waals surface area contributed by atoms with Gasteiger partial charge in [0.15, 0.2) is 0 Å². The molecule has 0 N–H and O–H groups in total. The lowest BCUT2D eigenvalue weighted by Crippen LogP contribution is -2.39. The van der Waals surface area contributed by atoms with E-state index in [9.17, 15) is 4.79 Å². The third-order valence-electron chi connectivity index (χ3n) is 3.99. The Labute approximate surface area is 94.9 Å². The fraction of sp³-hybridized carbons (Fsp3) is 0.667. The van der Waals surface area contributed by atoms with Crippen LogP contribution in [0, 0.1) is 5.92 Å². The average molecular weight is 219 g/mol. The van der Waals surface area contributed by atoms with Crippen molar-refractivity contribution in [1.29, 1.82) is 0 Å². The molecule has 86 valence electrons. The Bertz CT molecular complexity index is 454. The summed E-state index contributed by atoms with van der Waals surface area (Å²) in [4.78, 5) is 18.3. The third-order valence-corrected chi connectivity index (χ3v) is 3.99. The maximum absolute atomic E-state index is 11.6. The monoisotopic (exact) mass is 219 g/mol. The molecule has 1 saturated heterocycles. The van der Waals surface area contributed by atoms with Crippen molar-refractivity contribution in [3.63, 3.8) is 0 Å². The maximum atomic E-state index is 11.6. The number of rotatable bonds is 1. The lowest BCUT2D eigenvalue weighted by molar-refractivity contribution is 0.431. The minimum absolute atomic E-state index is 0.0325. The zero-order valence-corrected chi connectivity index (χ0v) is 9.59. The van der Waals surface area contributed by atoms with E-state index in [1.807, 2.05) is 0 Å². The van der Waals surface area contributed by atoms with Crippen LogP contribution >= 0.6 is 0 Å². The van der Waals surface area contributed by atoms with Gasteiger partial charge in [-0.1, -0.05) is 0 Å². The predicted octanol–water partition coefficient (Wildman–Crippen LogP) is 1.16. The second-order valence-corrected chi connectivity index (χ2v) is 5.01. The van der Waals surface area contributed by atoms with Crippen LogP contribution in [0.1, 0.15) is 25.7 Å². The van der Waals surface area contributed by atoms with Gasteiger partial charge in [0, 0.05) is 25.7 Å². The van der Waals surface area contributed by atoms with Crippen LogP contribution in [0.3, 0.4) is 0 Å². The Hall–Kier alpha value is -1.32. The van der Waals surface area contributed by atoms with Crippen molar-refractivity contribution in [3.8, 4) is 0 Å². The molecule has 16 heavy (non-hydrogen) atoms. The third kappa shape index (κ3) is 1.52. The maximum Gasteiger partial charge on any atom is 0.255 e. The number of nitrogens with zero attached hydrogens (tertiary/aromatic N) is 3. The van der Waals surface area contributed by atoms with Gasteiger partial charge in [-0.25, -0.2) is 4.98 Å². The van der Waals surface area contributed by atoms with Gasteiger partial charge in [0.1, 0.15) is 5.82 Å². The van der Waals surface area contributed by atoms with E-state index in [4.69, 9.17) is 0 Å². The van der Waals surface area contributed by atoms with E-state index in [-0.39, 0.29) is 5.56 Å². The Morgan fingerprint density at radius 3 is 3.06 bits per heavy atom. The number of hydrogen-bond acceptors (Lipinski definition) is 3. The van der Waals surface area contributed by atoms with Crippen LogP contribution in [-0.4, -0.2) is 22.1 Å². The highest BCUT2D eigenvalue weighted by Gasteiger charge is 2.34. The van der Waals surface area contributed by atoms with Gasteiger partial charge >= 0.3 is 0 Å². The zero-order valence-electron chi connectivity index (χ0n) is 9.59. The summed E-state index contributed by atoms with van der Waals surface area (Å²) in [7, 11) is 1.74. The summed E-state index contributed by atoms with van der Waals surface area (Å²) in [6.45, 7) is 1.06. The van der Waals surface area contributed by atoms with E-state index in [1.165, 1.54) is 30.3 Å². The van der Waals surface area contributed by atoms with E-state index >= 15 is 0 Å². The molecule has 2 fully saturated rings. The standard InChI is InChI=1S/C12H17N3O/c1-14-8-13-11(7-12(14)16)15-5-4-9-2-3-10(15)6-9/h7-10H,2-6H2,1H3. The van der Waals surface area contributed by atoms with Gasteiger partial charge in [-0.05, 0) is 31.6 Å². The molecule has 1 saturated carbocycles. The summed E-state index contributed by atoms with van der Waals surface area (Å²) in [6, 6.07) is 2.29. The molecule has 0 radical (unpaired) electrons. The highest BCUT2D eigenvalue weighted by Crippen LogP contribution is 2.37. The zero-order chi connectivity index (χ0) is 11.1. The summed E-state index contributed by atoms with van der Waals surface area (Å²) >= 11 is 0. The lowest BCUT2D eigenvalue weighted by atomic mass is 9.99. The number of anilines is 1. The summed E-state index contributed by atoms with van der Waals surface area (Å²) in [5, 5.41) is 0. The highest BCUT2D eigenvalue weighted by atomic mass is 16.1. The van der Waals surface area contributed by atoms with Crippen LogP contribution in [0.25, 0.3) is 0 Å². The van der Waals surface area contributed by atoms with E-state index in [1.54, 1.807) is 19.4 Å². The van der Waals surface area contributed by atoms with Crippen molar-refractivity contribution in [2.75, 3.05) is 11.4 Å². The van der Waals surface area contributed by atoms with Crippen molar-refractivity contribution in [3.05, 3.63) is 22.7 Å². The Morgan fingerprint density at radius 2 is 2.25 bits per heavy atom. The SMILES string of the molecule is Cn1cnc(N2CCC3CCC2C3)cc1=O. The minimum Gasteiger partial charge on any atom is -0.353 e. The molecular formula is C12H17N3O. The summed E-state index contributed by atoms with van der Waals surface area (Å²) in [6.07, 6.45) is 6.79. The van der Waals surface area contributed by atoms with Crippen molar-refractivity contribution in [2.24, 2.45) is 13.0 Å². The average Bonchev–Trinajstić information content (AvgIpc) is 2.65. The van der Waals surface area contributed by atoms with Crippen molar-refractivity contribution in [1.82, 2.24) is 9.55 Å². The second-order valence-electron chi connectivity index (χ2n) is 5.01. The Kier molecular flexibility index (Phi) is 2.23. The summed E-state index contributed by atoms with van der Waals surface area (Å²) < 4.78 is 1.52. The molecule has 1 aromatic heterocycles. The molecule has 2 atom stereocenters. The van der Waals surface area contributed by atoms with Crippen LogP contribution in [0.4, 0.5) is 5.82 Å². The predicted molar refractivity (Wildman–Crippen MR) is 62.6 cm³/mol. The Morgan fingerprint density at radius 1 is 1.38 bits per heavy atom. The molecule has 1 aromatic rings. The molecule has 0 aromatic carbocycles. The van der Waals surface area contributed by atoms with Gasteiger partial charge < -0.3 is 9.47 Å². The van der Waals surface area contributed by atoms with Gasteiger partial charge in [-0.15, -0.1) is 0 Å². The smallest absolute Gasteiger partial charge is 0.255 e. The van der Waals surface area contributed by atoms with E-state index < -0.39 is 0 Å². The van der Waals surface area contributed by atoms with E-state index in [0.717, 1.165) is 18.3 Å². The molecule has 0 amide bonds. The topological polar surface area (TPSA) is 38.1 Å². The molecule has 3 rings (SSSR count). The molecule has 2 heterocycles. The molecule has 2 bridgehead atoms. The first-order valence-electron chi connectivity index (χ1n) is 6.03. The number of hydrogen-bond donors (Lipinski definition) is 0. The molecule has 2 unspecified atom stereocenters. The quantitative estimate of drug-likeness (QED) is 0.711. The van der Waals surface area contributed by atoms with Crippen LogP contribution in [0.2, 0.25) is 0 Å². The first-order chi connectivity index (χ1) is 7.74. The second kappa shape index (κ2) is 3.61. The van der Waals surface area contributed by atoms with E-state index in [2.05, 4.69) is 9.88 Å². The Balaban J connectivity index is 1.91. The van der Waals surface area contributed by atoms with Crippen LogP contribution < -0.4 is 10.5 Å². The van der Waals surface area contributed by atoms with Crippen LogP contribution in [0.5, 0.6) is 0 Å². The first kappa shape index (κ1) is 9.87. The number of aryl methyl sites for hydroxylation is 1. The molecule has 4 heteroatoms. The molecule has 2 aliphatic rings. The fourth-order valence-corrected chi connectivity index (χ4v) is 3.01. The summed E-state index contributed by atoms with van der Waals surface area (Å²) in [5.74, 6) is 1.79. The number of fused-ring (bicyclic) bond motifs is 2. The fourth-order valence-electron chi connectivity index (χ4n) is 3.01. The van der Waals surface area contributed by atoms with Gasteiger partial charge in [0.25, 0.3) is 5.56 Å². The van der Waals surface area contributed by atoms with Gasteiger partial charge in [0.05, 0.1) is 6.33 Å². The van der Waals surface area contributed by atoms with Crippen molar-refractivity contribution < 1.29 is 0 Å². The molecule has 1 aliphatic heterocycles. The molecule has 4 nitrogen and oxygen atoms in total. The molecule has 1 aliphatic carbocycles. The van der Waals surface area contributed by atoms with Crippen molar-refractivity contribution in [2.45, 2.75) is 31.7 Å². The largest absolute Gasteiger partial charge is 0.353 e.